The first kappa shape index (κ1) is 25.8. The summed E-state index contributed by atoms with van der Waals surface area (Å²) in [6, 6.07) is 5.99. The van der Waals surface area contributed by atoms with E-state index in [0.717, 1.165) is 0 Å². The van der Waals surface area contributed by atoms with Gasteiger partial charge in [-0.2, -0.15) is 0 Å². The van der Waals surface area contributed by atoms with Gasteiger partial charge in [-0.3, -0.25) is 0 Å². The van der Waals surface area contributed by atoms with E-state index in [1.165, 1.54) is 6.07 Å². The standard InChI is InChI=1S/C28H35NO8/c1-5-28(35)11-14-9-16-23(27(34)22-15(25(16)32)7-6-8-18(22)30)26(33)21(14)19(12-28)37-20-10-17(29(3)4)24(31)13(2)36-20/h6-9,13,17,19-20,24,30-35H,5,10-12H2,1-4H3/t13-,17-,19-,20-,24+,28-/m0/s1. The van der Waals surface area contributed by atoms with Gasteiger partial charge < -0.3 is 45.0 Å². The number of likely N-dealkylation sites (N-methyl/N-ethyl adjacent to an activating group) is 1. The van der Waals surface area contributed by atoms with Crippen molar-refractivity contribution in [2.75, 3.05) is 14.1 Å². The summed E-state index contributed by atoms with van der Waals surface area (Å²) >= 11 is 0. The molecule has 1 aliphatic carbocycles. The predicted octanol–water partition coefficient (Wildman–Crippen LogP) is 3.39. The number of nitrogens with zero attached hydrogens (tertiary/aromatic N) is 1. The molecule has 9 heteroatoms. The van der Waals surface area contributed by atoms with E-state index in [4.69, 9.17) is 9.47 Å². The molecular formula is C28H35NO8. The third-order valence-electron chi connectivity index (χ3n) is 8.17. The molecule has 1 saturated heterocycles. The van der Waals surface area contributed by atoms with Crippen LogP contribution in [-0.4, -0.2) is 79.8 Å². The van der Waals surface area contributed by atoms with Gasteiger partial charge in [0.1, 0.15) is 23.0 Å². The maximum absolute atomic E-state index is 11.5. The van der Waals surface area contributed by atoms with E-state index in [1.54, 1.807) is 25.1 Å². The first-order valence-corrected chi connectivity index (χ1v) is 12.7. The minimum Gasteiger partial charge on any atom is -0.507 e. The highest BCUT2D eigenvalue weighted by Gasteiger charge is 2.43. The van der Waals surface area contributed by atoms with E-state index >= 15 is 0 Å². The van der Waals surface area contributed by atoms with E-state index in [0.29, 0.717) is 24.0 Å². The first-order chi connectivity index (χ1) is 17.5. The predicted molar refractivity (Wildman–Crippen MR) is 138 cm³/mol. The number of rotatable bonds is 4. The number of aromatic hydroxyl groups is 4. The largest absolute Gasteiger partial charge is 0.507 e. The second-order valence-corrected chi connectivity index (χ2v) is 10.7. The van der Waals surface area contributed by atoms with Crippen LogP contribution in [0.1, 0.15) is 50.3 Å². The summed E-state index contributed by atoms with van der Waals surface area (Å²) in [7, 11) is 3.75. The summed E-state index contributed by atoms with van der Waals surface area (Å²) in [5.41, 5.74) is -0.127. The number of ether oxygens (including phenoxy) is 2. The Morgan fingerprint density at radius 2 is 1.78 bits per heavy atom. The molecule has 0 amide bonds. The molecule has 200 valence electrons. The molecule has 1 aliphatic heterocycles. The molecule has 37 heavy (non-hydrogen) atoms. The lowest BCUT2D eigenvalue weighted by atomic mass is 9.75. The van der Waals surface area contributed by atoms with Crippen LogP contribution in [0.4, 0.5) is 0 Å². The Kier molecular flexibility index (Phi) is 6.40. The minimum absolute atomic E-state index is 0.000286. The van der Waals surface area contributed by atoms with Crippen LogP contribution in [-0.2, 0) is 15.9 Å². The number of hydrogen-bond donors (Lipinski definition) is 6. The Bertz CT molecular complexity index is 1360. The molecule has 0 unspecified atom stereocenters. The summed E-state index contributed by atoms with van der Waals surface area (Å²) < 4.78 is 12.4. The van der Waals surface area contributed by atoms with Crippen LogP contribution < -0.4 is 0 Å². The number of benzene rings is 3. The molecule has 5 rings (SSSR count). The van der Waals surface area contributed by atoms with Crippen molar-refractivity contribution in [3.63, 3.8) is 0 Å². The Hall–Kier alpha value is -2.82. The molecule has 3 aromatic carbocycles. The Balaban J connectivity index is 1.66. The van der Waals surface area contributed by atoms with Crippen LogP contribution in [0.15, 0.2) is 24.3 Å². The molecule has 0 aromatic heterocycles. The van der Waals surface area contributed by atoms with Crippen LogP contribution in [0.5, 0.6) is 23.0 Å². The van der Waals surface area contributed by atoms with Gasteiger partial charge in [-0.05, 0) is 45.1 Å². The maximum atomic E-state index is 11.5. The second kappa shape index (κ2) is 9.18. The highest BCUT2D eigenvalue weighted by Crippen LogP contribution is 2.53. The lowest BCUT2D eigenvalue weighted by Gasteiger charge is -2.44. The van der Waals surface area contributed by atoms with Gasteiger partial charge in [0.05, 0.1) is 34.7 Å². The number of hydrogen-bond acceptors (Lipinski definition) is 9. The molecule has 0 radical (unpaired) electrons. The zero-order valence-electron chi connectivity index (χ0n) is 21.5. The number of aliphatic hydroxyl groups excluding tert-OH is 1. The zero-order chi connectivity index (χ0) is 26.8. The van der Waals surface area contributed by atoms with E-state index in [1.807, 2.05) is 25.9 Å². The minimum atomic E-state index is -1.12. The van der Waals surface area contributed by atoms with E-state index in [9.17, 15) is 30.6 Å². The van der Waals surface area contributed by atoms with Gasteiger partial charge in [-0.1, -0.05) is 19.1 Å². The molecule has 0 spiro atoms. The van der Waals surface area contributed by atoms with Gasteiger partial charge in [0.2, 0.25) is 0 Å². The van der Waals surface area contributed by atoms with Gasteiger partial charge in [-0.25, -0.2) is 0 Å². The van der Waals surface area contributed by atoms with E-state index in [-0.39, 0.29) is 63.4 Å². The Labute approximate surface area is 215 Å². The molecule has 1 heterocycles. The topological polar surface area (TPSA) is 143 Å². The molecule has 3 aromatic rings. The van der Waals surface area contributed by atoms with Crippen molar-refractivity contribution in [2.45, 2.75) is 75.8 Å². The summed E-state index contributed by atoms with van der Waals surface area (Å²) in [6.45, 7) is 3.65. The molecule has 1 fully saturated rings. The van der Waals surface area contributed by atoms with Crippen molar-refractivity contribution in [3.8, 4) is 23.0 Å². The zero-order valence-corrected chi connectivity index (χ0v) is 21.5. The highest BCUT2D eigenvalue weighted by atomic mass is 16.7. The molecule has 9 nitrogen and oxygen atoms in total. The van der Waals surface area contributed by atoms with Crippen molar-refractivity contribution in [2.24, 2.45) is 0 Å². The fraction of sp³-hybridized carbons (Fsp3) is 0.500. The monoisotopic (exact) mass is 513 g/mol. The van der Waals surface area contributed by atoms with Crippen LogP contribution in [0.2, 0.25) is 0 Å². The number of phenolic OH excluding ortho intramolecular Hbond substituents is 4. The average Bonchev–Trinajstić information content (AvgIpc) is 2.83. The fourth-order valence-electron chi connectivity index (χ4n) is 6.00. The summed E-state index contributed by atoms with van der Waals surface area (Å²) in [5.74, 6) is -1.04. The van der Waals surface area contributed by atoms with Crippen molar-refractivity contribution >= 4 is 21.5 Å². The van der Waals surface area contributed by atoms with Crippen LogP contribution >= 0.6 is 0 Å². The van der Waals surface area contributed by atoms with E-state index in [2.05, 4.69) is 0 Å². The van der Waals surface area contributed by atoms with Gasteiger partial charge >= 0.3 is 0 Å². The smallest absolute Gasteiger partial charge is 0.160 e. The first-order valence-electron chi connectivity index (χ1n) is 12.7. The van der Waals surface area contributed by atoms with Crippen LogP contribution in [0.3, 0.4) is 0 Å². The van der Waals surface area contributed by atoms with Crippen LogP contribution in [0, 0.1) is 0 Å². The quantitative estimate of drug-likeness (QED) is 0.229. The Morgan fingerprint density at radius 3 is 2.46 bits per heavy atom. The lowest BCUT2D eigenvalue weighted by Crippen LogP contribution is -2.53. The third kappa shape index (κ3) is 4.15. The van der Waals surface area contributed by atoms with Crippen molar-refractivity contribution in [1.29, 1.82) is 0 Å². The van der Waals surface area contributed by atoms with Gasteiger partial charge in [-0.15, -0.1) is 0 Å². The molecule has 0 saturated carbocycles. The molecular weight excluding hydrogens is 478 g/mol. The highest BCUT2D eigenvalue weighted by molar-refractivity contribution is 6.14. The van der Waals surface area contributed by atoms with Crippen LogP contribution in [0.25, 0.3) is 21.5 Å². The number of aliphatic hydroxyl groups is 2. The fourth-order valence-corrected chi connectivity index (χ4v) is 6.00. The van der Waals surface area contributed by atoms with Crippen molar-refractivity contribution in [3.05, 3.63) is 35.4 Å². The second-order valence-electron chi connectivity index (χ2n) is 10.7. The summed E-state index contributed by atoms with van der Waals surface area (Å²) in [5, 5.41) is 66.5. The van der Waals surface area contributed by atoms with Crippen molar-refractivity contribution in [1.82, 2.24) is 4.90 Å². The number of fused-ring (bicyclic) bond motifs is 3. The third-order valence-corrected chi connectivity index (χ3v) is 8.17. The lowest BCUT2D eigenvalue weighted by molar-refractivity contribution is -0.257. The summed E-state index contributed by atoms with van der Waals surface area (Å²) in [4.78, 5) is 1.92. The molecule has 2 aliphatic rings. The Morgan fingerprint density at radius 1 is 1.05 bits per heavy atom. The molecule has 6 atom stereocenters. The van der Waals surface area contributed by atoms with Gasteiger partial charge in [0.15, 0.2) is 6.29 Å². The van der Waals surface area contributed by atoms with Crippen molar-refractivity contribution < 1.29 is 40.1 Å². The van der Waals surface area contributed by atoms with Gasteiger partial charge in [0, 0.05) is 41.6 Å². The SMILES string of the molecule is CC[C@]1(O)Cc2cc3c(O)c4cccc(O)c4c(O)c3c(O)c2[C@@H](O[C@H]2C[C@H](N(C)C)[C@H](O)[C@H](C)O2)C1. The number of phenols is 4. The normalized spacial score (nSPS) is 30.2. The van der Waals surface area contributed by atoms with Gasteiger partial charge in [0.25, 0.3) is 0 Å². The maximum Gasteiger partial charge on any atom is 0.160 e. The molecule has 6 N–H and O–H groups in total. The average molecular weight is 514 g/mol. The van der Waals surface area contributed by atoms with E-state index < -0.39 is 30.2 Å². The molecule has 0 bridgehead atoms. The summed E-state index contributed by atoms with van der Waals surface area (Å²) in [6.07, 6.45) is -1.44.